The Bertz CT molecular complexity index is 948. The molecule has 3 aromatic rings. The molecule has 0 N–H and O–H groups in total. The molecule has 2 aromatic carbocycles. The molecule has 0 aliphatic carbocycles. The van der Waals surface area contributed by atoms with Crippen LogP contribution in [0.15, 0.2) is 53.7 Å². The molecule has 0 aliphatic rings. The first-order valence-corrected chi connectivity index (χ1v) is 8.46. The summed E-state index contributed by atoms with van der Waals surface area (Å²) in [5, 5.41) is -0.480. The summed E-state index contributed by atoms with van der Waals surface area (Å²) in [5.41, 5.74) is 2.13. The Morgan fingerprint density at radius 2 is 1.96 bits per heavy atom. The molecule has 1 aromatic heterocycles. The van der Waals surface area contributed by atoms with Gasteiger partial charge in [-0.15, -0.1) is 0 Å². The minimum absolute atomic E-state index is 0.214. The number of benzene rings is 2. The number of imidazole rings is 1. The molecular formula is C16H15N2O4S-. The number of ether oxygens (including phenoxy) is 1. The van der Waals surface area contributed by atoms with Crippen molar-refractivity contribution < 1.29 is 17.7 Å². The van der Waals surface area contributed by atoms with Crippen LogP contribution in [0, 0.1) is 6.92 Å². The molecule has 0 atom stereocenters. The van der Waals surface area contributed by atoms with Crippen LogP contribution in [0.5, 0.6) is 5.75 Å². The van der Waals surface area contributed by atoms with Gasteiger partial charge in [0.2, 0.25) is 5.16 Å². The number of aryl methyl sites for hydroxylation is 1. The normalized spacial score (nSPS) is 11.7. The second kappa shape index (κ2) is 6.02. The van der Waals surface area contributed by atoms with Crippen molar-refractivity contribution >= 4 is 21.2 Å². The van der Waals surface area contributed by atoms with Crippen LogP contribution in [0.2, 0.25) is 0 Å². The van der Waals surface area contributed by atoms with Gasteiger partial charge in [-0.3, -0.25) is 0 Å². The maximum absolute atomic E-state index is 11.4. The highest BCUT2D eigenvalue weighted by molar-refractivity contribution is 7.85. The predicted octanol–water partition coefficient (Wildman–Crippen LogP) is 2.33. The van der Waals surface area contributed by atoms with Gasteiger partial charge in [-0.1, -0.05) is 24.3 Å². The summed E-state index contributed by atoms with van der Waals surface area (Å²) >= 11 is 0. The van der Waals surface area contributed by atoms with Crippen LogP contribution in [0.25, 0.3) is 11.0 Å². The van der Waals surface area contributed by atoms with E-state index in [2.05, 4.69) is 4.98 Å². The lowest BCUT2D eigenvalue weighted by atomic mass is 10.2. The maximum Gasteiger partial charge on any atom is 0.215 e. The average Bonchev–Trinajstić information content (AvgIpc) is 2.87. The van der Waals surface area contributed by atoms with E-state index in [4.69, 9.17) is 4.74 Å². The van der Waals surface area contributed by atoms with Gasteiger partial charge in [-0.25, -0.2) is 13.4 Å². The molecule has 0 saturated carbocycles. The smallest absolute Gasteiger partial charge is 0.215 e. The highest BCUT2D eigenvalue weighted by Crippen LogP contribution is 2.19. The number of rotatable bonds is 5. The lowest BCUT2D eigenvalue weighted by Crippen LogP contribution is -2.14. The quantitative estimate of drug-likeness (QED) is 0.670. The van der Waals surface area contributed by atoms with E-state index in [1.165, 1.54) is 4.57 Å². The number of aromatic nitrogens is 2. The third-order valence-corrected chi connectivity index (χ3v) is 4.18. The molecule has 0 aliphatic heterocycles. The largest absolute Gasteiger partial charge is 0.742 e. The Labute approximate surface area is 134 Å². The Morgan fingerprint density at radius 1 is 1.17 bits per heavy atom. The average molecular weight is 331 g/mol. The van der Waals surface area contributed by atoms with Crippen molar-refractivity contribution in [2.45, 2.75) is 18.6 Å². The van der Waals surface area contributed by atoms with Crippen molar-refractivity contribution in [3.8, 4) is 5.75 Å². The molecule has 0 amide bonds. The molecule has 6 nitrogen and oxygen atoms in total. The Morgan fingerprint density at radius 3 is 2.70 bits per heavy atom. The highest BCUT2D eigenvalue weighted by Gasteiger charge is 2.15. The molecule has 0 saturated heterocycles. The summed E-state index contributed by atoms with van der Waals surface area (Å²) < 4.78 is 41.3. The third-order valence-electron chi connectivity index (χ3n) is 3.42. The summed E-state index contributed by atoms with van der Waals surface area (Å²) in [6, 6.07) is 14.4. The van der Waals surface area contributed by atoms with E-state index in [-0.39, 0.29) is 13.2 Å². The summed E-state index contributed by atoms with van der Waals surface area (Å²) in [5.74, 6) is 0.695. The van der Waals surface area contributed by atoms with Crippen LogP contribution in [0.3, 0.4) is 0 Å². The van der Waals surface area contributed by atoms with E-state index < -0.39 is 15.3 Å². The lowest BCUT2D eigenvalue weighted by Gasteiger charge is -2.12. The van der Waals surface area contributed by atoms with E-state index in [0.717, 1.165) is 5.56 Å². The molecule has 23 heavy (non-hydrogen) atoms. The second-order valence-corrected chi connectivity index (χ2v) is 6.43. The first-order chi connectivity index (χ1) is 10.9. The Kier molecular flexibility index (Phi) is 4.06. The number of fused-ring (bicyclic) bond motifs is 1. The molecule has 1 heterocycles. The van der Waals surface area contributed by atoms with Gasteiger partial charge in [0.15, 0.2) is 10.1 Å². The molecular weight excluding hydrogens is 316 g/mol. The van der Waals surface area contributed by atoms with Crippen LogP contribution in [-0.4, -0.2) is 29.1 Å². The van der Waals surface area contributed by atoms with Gasteiger partial charge >= 0.3 is 0 Å². The van der Waals surface area contributed by atoms with Crippen molar-refractivity contribution in [2.75, 3.05) is 6.61 Å². The monoisotopic (exact) mass is 331 g/mol. The summed E-state index contributed by atoms with van der Waals surface area (Å²) in [4.78, 5) is 3.93. The molecule has 3 rings (SSSR count). The van der Waals surface area contributed by atoms with Gasteiger partial charge in [0.05, 0.1) is 17.6 Å². The fourth-order valence-corrected chi connectivity index (χ4v) is 3.09. The first kappa shape index (κ1) is 15.5. The standard InChI is InChI=1S/C16H16N2O4S/c1-12-5-4-6-13(11-12)22-10-9-18-15-8-3-2-7-14(15)17-16(18)23(19,20)21/h2-8,11H,9-10H2,1H3,(H,19,20,21)/p-1. The maximum atomic E-state index is 11.4. The molecule has 0 radical (unpaired) electrons. The Hall–Kier alpha value is -2.38. The minimum atomic E-state index is -4.65. The molecule has 120 valence electrons. The van der Waals surface area contributed by atoms with E-state index in [1.807, 2.05) is 31.2 Å². The highest BCUT2D eigenvalue weighted by atomic mass is 32.2. The van der Waals surface area contributed by atoms with Crippen LogP contribution >= 0.6 is 0 Å². The minimum Gasteiger partial charge on any atom is -0.742 e. The van der Waals surface area contributed by atoms with E-state index in [1.54, 1.807) is 24.3 Å². The topological polar surface area (TPSA) is 84.2 Å². The third kappa shape index (κ3) is 3.35. The number of para-hydroxylation sites is 2. The van der Waals surface area contributed by atoms with E-state index in [0.29, 0.717) is 16.8 Å². The van der Waals surface area contributed by atoms with Crippen molar-refractivity contribution in [3.05, 3.63) is 54.1 Å². The van der Waals surface area contributed by atoms with Crippen molar-refractivity contribution in [1.29, 1.82) is 0 Å². The molecule has 0 fully saturated rings. The fourth-order valence-electron chi connectivity index (χ4n) is 2.42. The summed E-state index contributed by atoms with van der Waals surface area (Å²) in [6.45, 7) is 2.40. The SMILES string of the molecule is Cc1cccc(OCCn2c(S(=O)(=O)[O-])nc3ccccc32)c1. The molecule has 7 heteroatoms. The van der Waals surface area contributed by atoms with Crippen molar-refractivity contribution in [3.63, 3.8) is 0 Å². The van der Waals surface area contributed by atoms with Gasteiger partial charge in [-0.05, 0) is 36.8 Å². The molecule has 0 spiro atoms. The summed E-state index contributed by atoms with van der Waals surface area (Å²) in [6.07, 6.45) is 0. The fraction of sp³-hybridized carbons (Fsp3) is 0.188. The summed E-state index contributed by atoms with van der Waals surface area (Å²) in [7, 11) is -4.65. The zero-order valence-electron chi connectivity index (χ0n) is 12.5. The van der Waals surface area contributed by atoms with Gasteiger partial charge in [-0.2, -0.15) is 0 Å². The van der Waals surface area contributed by atoms with Gasteiger partial charge in [0.1, 0.15) is 12.4 Å². The van der Waals surface area contributed by atoms with E-state index in [9.17, 15) is 13.0 Å². The predicted molar refractivity (Wildman–Crippen MR) is 84.4 cm³/mol. The van der Waals surface area contributed by atoms with E-state index >= 15 is 0 Å². The van der Waals surface area contributed by atoms with Crippen molar-refractivity contribution in [2.24, 2.45) is 0 Å². The van der Waals surface area contributed by atoms with Gasteiger partial charge < -0.3 is 13.9 Å². The number of nitrogens with zero attached hydrogens (tertiary/aromatic N) is 2. The number of hydrogen-bond acceptors (Lipinski definition) is 5. The second-order valence-electron chi connectivity index (χ2n) is 5.15. The molecule has 0 bridgehead atoms. The first-order valence-electron chi connectivity index (χ1n) is 7.06. The zero-order chi connectivity index (χ0) is 16.4. The van der Waals surface area contributed by atoms with Gasteiger partial charge in [0, 0.05) is 0 Å². The van der Waals surface area contributed by atoms with Gasteiger partial charge in [0.25, 0.3) is 0 Å². The van der Waals surface area contributed by atoms with Crippen LogP contribution < -0.4 is 4.74 Å². The molecule has 0 unspecified atom stereocenters. The van der Waals surface area contributed by atoms with Crippen LogP contribution in [0.1, 0.15) is 5.56 Å². The lowest BCUT2D eigenvalue weighted by molar-refractivity contribution is 0.294. The number of hydrogen-bond donors (Lipinski definition) is 0. The van der Waals surface area contributed by atoms with Crippen molar-refractivity contribution in [1.82, 2.24) is 9.55 Å². The Balaban J connectivity index is 1.87. The zero-order valence-corrected chi connectivity index (χ0v) is 13.3. The van der Waals surface area contributed by atoms with Crippen LogP contribution in [0.4, 0.5) is 0 Å². The van der Waals surface area contributed by atoms with Crippen LogP contribution in [-0.2, 0) is 16.7 Å².